The molecule has 0 radical (unpaired) electrons. The van der Waals surface area contributed by atoms with Gasteiger partial charge in [0.1, 0.15) is 12.8 Å². The number of nitrogens with zero attached hydrogens (tertiary/aromatic N) is 2. The Kier molecular flexibility index (Phi) is 4.01. The van der Waals surface area contributed by atoms with Crippen LogP contribution < -0.4 is 10.1 Å². The minimum atomic E-state index is -1.18. The fourth-order valence-corrected chi connectivity index (χ4v) is 2.80. The quantitative estimate of drug-likeness (QED) is 0.836. The van der Waals surface area contributed by atoms with Crippen LogP contribution in [0.4, 0.5) is 8.78 Å². The summed E-state index contributed by atoms with van der Waals surface area (Å²) < 4.78 is 32.9. The monoisotopic (exact) mass is 297 g/mol. The van der Waals surface area contributed by atoms with Gasteiger partial charge < -0.3 is 15.0 Å². The number of piperidine rings is 1. The third-order valence-corrected chi connectivity index (χ3v) is 3.93. The van der Waals surface area contributed by atoms with E-state index >= 15 is 0 Å². The van der Waals surface area contributed by atoms with Gasteiger partial charge in [-0.3, -0.25) is 9.78 Å². The highest BCUT2D eigenvalue weighted by atomic mass is 19.1. The molecular formula is C14H17F2N3O2. The Morgan fingerprint density at radius 2 is 2.33 bits per heavy atom. The molecule has 1 aromatic rings. The van der Waals surface area contributed by atoms with Crippen LogP contribution in [-0.4, -0.2) is 48.2 Å². The molecule has 0 unspecified atom stereocenters. The van der Waals surface area contributed by atoms with Gasteiger partial charge in [-0.25, -0.2) is 8.78 Å². The standard InChI is InChI=1S/C14H17F2N3O2/c15-11-6-17-2-1-10(11)14(20)19-3-4-21-13-9(8-19)5-18-7-12(13)16/h5,7,10-11,17H,1-4,6,8H2/t10-,11-/m0/s1. The first-order valence-corrected chi connectivity index (χ1v) is 7.05. The van der Waals surface area contributed by atoms with Gasteiger partial charge in [-0.1, -0.05) is 0 Å². The Morgan fingerprint density at radius 3 is 3.14 bits per heavy atom. The number of fused-ring (bicyclic) bond motifs is 1. The topological polar surface area (TPSA) is 54.5 Å². The molecule has 3 heterocycles. The lowest BCUT2D eigenvalue weighted by atomic mass is 9.94. The van der Waals surface area contributed by atoms with Crippen molar-refractivity contribution in [2.45, 2.75) is 19.1 Å². The SMILES string of the molecule is O=C([C@H]1CCNC[C@@H]1F)N1CCOc2c(F)cncc2C1. The molecule has 0 aliphatic carbocycles. The van der Waals surface area contributed by atoms with E-state index in [0.717, 1.165) is 6.20 Å². The van der Waals surface area contributed by atoms with Crippen molar-refractivity contribution in [1.82, 2.24) is 15.2 Å². The third kappa shape index (κ3) is 2.83. The molecule has 5 nitrogen and oxygen atoms in total. The highest BCUT2D eigenvalue weighted by molar-refractivity contribution is 5.79. The Hall–Kier alpha value is -1.76. The average molecular weight is 297 g/mol. The van der Waals surface area contributed by atoms with Gasteiger partial charge in [0.15, 0.2) is 11.6 Å². The van der Waals surface area contributed by atoms with Crippen molar-refractivity contribution in [3.8, 4) is 5.75 Å². The summed E-state index contributed by atoms with van der Waals surface area (Å²) in [5.41, 5.74) is 0.519. The molecule has 0 bridgehead atoms. The van der Waals surface area contributed by atoms with Crippen molar-refractivity contribution in [3.05, 3.63) is 23.8 Å². The van der Waals surface area contributed by atoms with E-state index in [2.05, 4.69) is 10.3 Å². The average Bonchev–Trinajstić information content (AvgIpc) is 2.70. The van der Waals surface area contributed by atoms with Crippen molar-refractivity contribution in [2.24, 2.45) is 5.92 Å². The van der Waals surface area contributed by atoms with Crippen LogP contribution in [0.3, 0.4) is 0 Å². The highest BCUT2D eigenvalue weighted by Crippen LogP contribution is 2.27. The number of hydrogen-bond acceptors (Lipinski definition) is 4. The zero-order chi connectivity index (χ0) is 14.8. The summed E-state index contributed by atoms with van der Waals surface area (Å²) in [6.45, 7) is 1.56. The molecule has 2 atom stereocenters. The number of carbonyl (C=O) groups excluding carboxylic acids is 1. The summed E-state index contributed by atoms with van der Waals surface area (Å²) in [4.78, 5) is 17.8. The summed E-state index contributed by atoms with van der Waals surface area (Å²) in [6.07, 6.45) is 1.87. The third-order valence-electron chi connectivity index (χ3n) is 3.93. The number of carbonyl (C=O) groups is 1. The van der Waals surface area contributed by atoms with E-state index in [1.807, 2.05) is 0 Å². The minimum absolute atomic E-state index is 0.141. The second-order valence-corrected chi connectivity index (χ2v) is 5.33. The second kappa shape index (κ2) is 5.93. The molecule has 2 aliphatic rings. The minimum Gasteiger partial charge on any atom is -0.488 e. The van der Waals surface area contributed by atoms with E-state index in [9.17, 15) is 13.6 Å². The zero-order valence-corrected chi connectivity index (χ0v) is 11.5. The number of halogens is 2. The van der Waals surface area contributed by atoms with Gasteiger partial charge in [-0.2, -0.15) is 0 Å². The first-order valence-electron chi connectivity index (χ1n) is 7.05. The van der Waals surface area contributed by atoms with E-state index in [4.69, 9.17) is 4.74 Å². The van der Waals surface area contributed by atoms with Gasteiger partial charge in [0, 0.05) is 18.3 Å². The maximum Gasteiger partial charge on any atom is 0.229 e. The van der Waals surface area contributed by atoms with E-state index in [0.29, 0.717) is 25.1 Å². The van der Waals surface area contributed by atoms with Crippen molar-refractivity contribution >= 4 is 5.91 Å². The lowest BCUT2D eigenvalue weighted by molar-refractivity contribution is -0.139. The molecule has 1 fully saturated rings. The van der Waals surface area contributed by atoms with Crippen LogP contribution in [0.1, 0.15) is 12.0 Å². The van der Waals surface area contributed by atoms with Crippen molar-refractivity contribution < 1.29 is 18.3 Å². The number of pyridine rings is 1. The maximum atomic E-state index is 13.9. The van der Waals surface area contributed by atoms with Crippen LogP contribution in [0.2, 0.25) is 0 Å². The van der Waals surface area contributed by atoms with Crippen LogP contribution in [-0.2, 0) is 11.3 Å². The normalized spacial score (nSPS) is 25.7. The lowest BCUT2D eigenvalue weighted by Crippen LogP contribution is -2.47. The number of rotatable bonds is 1. The summed E-state index contributed by atoms with van der Waals surface area (Å²) in [5, 5.41) is 2.93. The number of aromatic nitrogens is 1. The molecule has 0 aromatic carbocycles. The molecule has 3 rings (SSSR count). The fourth-order valence-electron chi connectivity index (χ4n) is 2.80. The van der Waals surface area contributed by atoms with E-state index in [1.165, 1.54) is 11.1 Å². The number of hydrogen-bond donors (Lipinski definition) is 1. The highest BCUT2D eigenvalue weighted by Gasteiger charge is 2.35. The Morgan fingerprint density at radius 1 is 1.48 bits per heavy atom. The Balaban J connectivity index is 1.78. The molecule has 1 amide bonds. The predicted octanol–water partition coefficient (Wildman–Crippen LogP) is 0.889. The van der Waals surface area contributed by atoms with E-state index in [1.54, 1.807) is 0 Å². The van der Waals surface area contributed by atoms with Crippen LogP contribution in [0.15, 0.2) is 12.4 Å². The molecular weight excluding hydrogens is 280 g/mol. The molecule has 0 spiro atoms. The molecule has 2 aliphatic heterocycles. The zero-order valence-electron chi connectivity index (χ0n) is 11.5. The first-order chi connectivity index (χ1) is 10.2. The number of ether oxygens (including phenoxy) is 1. The first kappa shape index (κ1) is 14.2. The number of nitrogens with one attached hydrogen (secondary N) is 1. The van der Waals surface area contributed by atoms with Gasteiger partial charge in [-0.15, -0.1) is 0 Å². The molecule has 21 heavy (non-hydrogen) atoms. The van der Waals surface area contributed by atoms with E-state index in [-0.39, 0.29) is 31.4 Å². The fraction of sp³-hybridized carbons (Fsp3) is 0.571. The summed E-state index contributed by atoms with van der Waals surface area (Å²) >= 11 is 0. The molecule has 1 aromatic heterocycles. The molecule has 1 saturated heterocycles. The Labute approximate surface area is 121 Å². The van der Waals surface area contributed by atoms with E-state index < -0.39 is 17.9 Å². The molecule has 114 valence electrons. The van der Waals surface area contributed by atoms with Crippen molar-refractivity contribution in [3.63, 3.8) is 0 Å². The second-order valence-electron chi connectivity index (χ2n) is 5.33. The summed E-state index contributed by atoms with van der Waals surface area (Å²) in [7, 11) is 0. The number of alkyl halides is 1. The van der Waals surface area contributed by atoms with Gasteiger partial charge in [0.05, 0.1) is 25.2 Å². The molecule has 1 N–H and O–H groups in total. The molecule has 7 heteroatoms. The smallest absolute Gasteiger partial charge is 0.229 e. The summed E-state index contributed by atoms with van der Waals surface area (Å²) in [5.74, 6) is -1.26. The van der Waals surface area contributed by atoms with Gasteiger partial charge in [0.25, 0.3) is 0 Å². The van der Waals surface area contributed by atoms with Crippen LogP contribution >= 0.6 is 0 Å². The van der Waals surface area contributed by atoms with Crippen molar-refractivity contribution in [2.75, 3.05) is 26.2 Å². The van der Waals surface area contributed by atoms with Gasteiger partial charge >= 0.3 is 0 Å². The van der Waals surface area contributed by atoms with Crippen LogP contribution in [0.25, 0.3) is 0 Å². The predicted molar refractivity (Wildman–Crippen MR) is 71.0 cm³/mol. The van der Waals surface area contributed by atoms with Crippen molar-refractivity contribution in [1.29, 1.82) is 0 Å². The maximum absolute atomic E-state index is 13.9. The Bertz CT molecular complexity index is 541. The van der Waals surface area contributed by atoms with Gasteiger partial charge in [-0.05, 0) is 13.0 Å². The number of amides is 1. The largest absolute Gasteiger partial charge is 0.488 e. The van der Waals surface area contributed by atoms with Gasteiger partial charge in [0.2, 0.25) is 5.91 Å². The molecule has 0 saturated carbocycles. The lowest BCUT2D eigenvalue weighted by Gasteiger charge is -2.30. The van der Waals surface area contributed by atoms with Crippen LogP contribution in [0, 0.1) is 11.7 Å². The summed E-state index contributed by atoms with van der Waals surface area (Å²) in [6, 6.07) is 0. The van der Waals surface area contributed by atoms with Crippen LogP contribution in [0.5, 0.6) is 5.75 Å².